The van der Waals surface area contributed by atoms with Gasteiger partial charge in [-0.2, -0.15) is 0 Å². The molecule has 0 aliphatic carbocycles. The van der Waals surface area contributed by atoms with Crippen molar-refractivity contribution in [1.29, 1.82) is 0 Å². The Kier molecular flexibility index (Phi) is 3.98. The van der Waals surface area contributed by atoms with Crippen molar-refractivity contribution >= 4 is 11.6 Å². The number of oxazole rings is 1. The van der Waals surface area contributed by atoms with Crippen molar-refractivity contribution in [3.8, 4) is 11.3 Å². The van der Waals surface area contributed by atoms with Gasteiger partial charge in [-0.15, -0.1) is 0 Å². The van der Waals surface area contributed by atoms with E-state index in [1.165, 1.54) is 6.39 Å². The van der Waals surface area contributed by atoms with Crippen molar-refractivity contribution in [2.75, 3.05) is 18.5 Å². The van der Waals surface area contributed by atoms with Crippen LogP contribution < -0.4 is 10.6 Å². The molecule has 0 unspecified atom stereocenters. The number of carbonyl (C=O) groups excluding carboxylic acids is 1. The van der Waals surface area contributed by atoms with E-state index >= 15 is 0 Å². The second-order valence-electron chi connectivity index (χ2n) is 4.94. The Hall–Kier alpha value is -2.18. The summed E-state index contributed by atoms with van der Waals surface area (Å²) >= 11 is 0. The molecule has 1 aliphatic heterocycles. The Morgan fingerprint density at radius 1 is 1.38 bits per heavy atom. The Bertz CT molecular complexity index is 595. The standard InChI is InChI=1S/C15H17N3O3/c1-10-14(17-6-7-20-10)15(19)18-12-4-2-11(3-5-12)13-8-16-9-21-13/h2-5,8-10,14,17H,6-7H2,1H3,(H,18,19)/t10-,14+/m1/s1. The van der Waals surface area contributed by atoms with Crippen LogP contribution in [0.5, 0.6) is 0 Å². The van der Waals surface area contributed by atoms with Gasteiger partial charge in [-0.3, -0.25) is 4.79 Å². The van der Waals surface area contributed by atoms with Crippen molar-refractivity contribution in [3.63, 3.8) is 0 Å². The number of morpholine rings is 1. The Labute approximate surface area is 122 Å². The second kappa shape index (κ2) is 6.07. The number of rotatable bonds is 3. The van der Waals surface area contributed by atoms with Gasteiger partial charge in [-0.25, -0.2) is 4.98 Å². The van der Waals surface area contributed by atoms with Crippen molar-refractivity contribution in [3.05, 3.63) is 36.9 Å². The molecular formula is C15H17N3O3. The van der Waals surface area contributed by atoms with Crippen molar-refractivity contribution in [2.24, 2.45) is 0 Å². The van der Waals surface area contributed by atoms with Gasteiger partial charge < -0.3 is 19.8 Å². The summed E-state index contributed by atoms with van der Waals surface area (Å²) in [5.74, 6) is 0.610. The van der Waals surface area contributed by atoms with Crippen LogP contribution in [0.2, 0.25) is 0 Å². The zero-order valence-corrected chi connectivity index (χ0v) is 11.7. The molecule has 0 radical (unpaired) electrons. The molecule has 6 nitrogen and oxygen atoms in total. The second-order valence-corrected chi connectivity index (χ2v) is 4.94. The number of ether oxygens (including phenoxy) is 1. The number of hydrogen-bond acceptors (Lipinski definition) is 5. The third-order valence-corrected chi connectivity index (χ3v) is 3.47. The van der Waals surface area contributed by atoms with Gasteiger partial charge in [0.2, 0.25) is 5.91 Å². The fourth-order valence-corrected chi connectivity index (χ4v) is 2.32. The average molecular weight is 287 g/mol. The first kappa shape index (κ1) is 13.8. The lowest BCUT2D eigenvalue weighted by atomic mass is 10.1. The summed E-state index contributed by atoms with van der Waals surface area (Å²) in [5, 5.41) is 6.05. The molecule has 0 bridgehead atoms. The molecule has 0 spiro atoms. The fraction of sp³-hybridized carbons (Fsp3) is 0.333. The minimum Gasteiger partial charge on any atom is -0.444 e. The molecule has 1 saturated heterocycles. The maximum absolute atomic E-state index is 12.2. The molecule has 1 amide bonds. The molecule has 2 aromatic rings. The van der Waals surface area contributed by atoms with E-state index in [2.05, 4.69) is 15.6 Å². The predicted molar refractivity (Wildman–Crippen MR) is 77.8 cm³/mol. The van der Waals surface area contributed by atoms with Crippen molar-refractivity contribution in [2.45, 2.75) is 19.1 Å². The zero-order valence-electron chi connectivity index (χ0n) is 11.7. The minimum absolute atomic E-state index is 0.0883. The fourth-order valence-electron chi connectivity index (χ4n) is 2.32. The van der Waals surface area contributed by atoms with E-state index < -0.39 is 0 Å². The Morgan fingerprint density at radius 3 is 2.86 bits per heavy atom. The lowest BCUT2D eigenvalue weighted by Crippen LogP contribution is -2.53. The van der Waals surface area contributed by atoms with Gasteiger partial charge in [0.15, 0.2) is 12.2 Å². The van der Waals surface area contributed by atoms with E-state index in [1.807, 2.05) is 31.2 Å². The molecule has 21 heavy (non-hydrogen) atoms. The van der Waals surface area contributed by atoms with Crippen LogP contribution >= 0.6 is 0 Å². The highest BCUT2D eigenvalue weighted by atomic mass is 16.5. The third kappa shape index (κ3) is 3.12. The van der Waals surface area contributed by atoms with E-state index in [0.29, 0.717) is 18.9 Å². The van der Waals surface area contributed by atoms with Gasteiger partial charge in [0.05, 0.1) is 18.9 Å². The van der Waals surface area contributed by atoms with Gasteiger partial charge >= 0.3 is 0 Å². The van der Waals surface area contributed by atoms with E-state index in [0.717, 1.165) is 11.3 Å². The number of nitrogens with zero attached hydrogens (tertiary/aromatic N) is 1. The summed E-state index contributed by atoms with van der Waals surface area (Å²) in [6.45, 7) is 3.22. The van der Waals surface area contributed by atoms with E-state index in [1.54, 1.807) is 6.20 Å². The zero-order chi connectivity index (χ0) is 14.7. The molecule has 1 aliphatic rings. The predicted octanol–water partition coefficient (Wildman–Crippen LogP) is 1.66. The van der Waals surface area contributed by atoms with Gasteiger partial charge in [0, 0.05) is 17.8 Å². The molecule has 3 rings (SSSR count). The smallest absolute Gasteiger partial charge is 0.244 e. The summed E-state index contributed by atoms with van der Waals surface area (Å²) in [7, 11) is 0. The molecule has 2 N–H and O–H groups in total. The van der Waals surface area contributed by atoms with Crippen LogP contribution in [0.1, 0.15) is 6.92 Å². The monoisotopic (exact) mass is 287 g/mol. The number of benzene rings is 1. The molecule has 2 atom stereocenters. The molecule has 2 heterocycles. The normalized spacial score (nSPS) is 22.0. The SMILES string of the molecule is C[C@H]1OCCN[C@@H]1C(=O)Nc1ccc(-c2cnco2)cc1. The first-order valence-electron chi connectivity index (χ1n) is 6.89. The summed E-state index contributed by atoms with van der Waals surface area (Å²) in [6.07, 6.45) is 2.91. The Balaban J connectivity index is 1.66. The van der Waals surface area contributed by atoms with E-state index in [9.17, 15) is 4.79 Å². The topological polar surface area (TPSA) is 76.4 Å². The number of anilines is 1. The maximum atomic E-state index is 12.2. The van der Waals surface area contributed by atoms with E-state index in [4.69, 9.17) is 9.15 Å². The van der Waals surface area contributed by atoms with Crippen molar-refractivity contribution in [1.82, 2.24) is 10.3 Å². The quantitative estimate of drug-likeness (QED) is 0.898. The summed E-state index contributed by atoms with van der Waals surface area (Å²) in [6, 6.07) is 7.11. The molecular weight excluding hydrogens is 270 g/mol. The van der Waals surface area contributed by atoms with Crippen LogP contribution in [0.25, 0.3) is 11.3 Å². The molecule has 6 heteroatoms. The number of nitrogens with one attached hydrogen (secondary N) is 2. The van der Waals surface area contributed by atoms with Crippen LogP contribution in [-0.2, 0) is 9.53 Å². The van der Waals surface area contributed by atoms with E-state index in [-0.39, 0.29) is 18.1 Å². The highest BCUT2D eigenvalue weighted by molar-refractivity contribution is 5.95. The lowest BCUT2D eigenvalue weighted by Gasteiger charge is -2.29. The molecule has 110 valence electrons. The first-order valence-corrected chi connectivity index (χ1v) is 6.89. The molecule has 0 saturated carbocycles. The van der Waals surface area contributed by atoms with Gasteiger partial charge in [0.25, 0.3) is 0 Å². The summed E-state index contributed by atoms with van der Waals surface area (Å²) < 4.78 is 10.7. The lowest BCUT2D eigenvalue weighted by molar-refractivity contribution is -0.123. The largest absolute Gasteiger partial charge is 0.444 e. The Morgan fingerprint density at radius 2 is 2.19 bits per heavy atom. The van der Waals surface area contributed by atoms with Crippen LogP contribution in [0.4, 0.5) is 5.69 Å². The third-order valence-electron chi connectivity index (χ3n) is 3.47. The summed E-state index contributed by atoms with van der Waals surface area (Å²) in [5.41, 5.74) is 1.65. The highest BCUT2D eigenvalue weighted by Gasteiger charge is 2.28. The van der Waals surface area contributed by atoms with Gasteiger partial charge in [0.1, 0.15) is 6.04 Å². The van der Waals surface area contributed by atoms with Crippen LogP contribution in [0.3, 0.4) is 0 Å². The number of amides is 1. The number of aromatic nitrogens is 1. The molecule has 1 fully saturated rings. The molecule has 1 aromatic carbocycles. The first-order chi connectivity index (χ1) is 10.2. The number of carbonyl (C=O) groups is 1. The number of hydrogen-bond donors (Lipinski definition) is 2. The highest BCUT2D eigenvalue weighted by Crippen LogP contribution is 2.21. The minimum atomic E-state index is -0.326. The maximum Gasteiger partial charge on any atom is 0.244 e. The van der Waals surface area contributed by atoms with Crippen LogP contribution in [-0.4, -0.2) is 36.2 Å². The van der Waals surface area contributed by atoms with Crippen LogP contribution in [0.15, 0.2) is 41.3 Å². The molecule has 1 aromatic heterocycles. The van der Waals surface area contributed by atoms with Gasteiger partial charge in [-0.1, -0.05) is 0 Å². The average Bonchev–Trinajstić information content (AvgIpc) is 3.02. The summed E-state index contributed by atoms with van der Waals surface area (Å²) in [4.78, 5) is 16.1. The van der Waals surface area contributed by atoms with Crippen molar-refractivity contribution < 1.29 is 13.9 Å². The van der Waals surface area contributed by atoms with Crippen LogP contribution in [0, 0.1) is 0 Å². The van der Waals surface area contributed by atoms with Gasteiger partial charge in [-0.05, 0) is 31.2 Å².